The van der Waals surface area contributed by atoms with E-state index in [0.717, 1.165) is 10.2 Å². The highest BCUT2D eigenvalue weighted by Crippen LogP contribution is 2.29. The van der Waals surface area contributed by atoms with Crippen LogP contribution >= 0.6 is 0 Å². The molecule has 2 aromatic heterocycles. The summed E-state index contributed by atoms with van der Waals surface area (Å²) in [5.41, 5.74) is -0.102. The molecule has 0 saturated heterocycles. The van der Waals surface area contributed by atoms with E-state index in [1.54, 1.807) is 10.9 Å². The number of carbonyl (C=O) groups is 1. The van der Waals surface area contributed by atoms with Crippen LogP contribution in [0, 0.1) is 0 Å². The molecule has 0 aliphatic heterocycles. The van der Waals surface area contributed by atoms with Crippen LogP contribution in [0.15, 0.2) is 36.7 Å². The number of anilines is 1. The monoisotopic (exact) mass is 437 g/mol. The normalized spacial score (nSPS) is 11.4. The van der Waals surface area contributed by atoms with Gasteiger partial charge in [-0.2, -0.15) is 23.4 Å². The lowest BCUT2D eigenvalue weighted by molar-refractivity contribution is -0.141. The van der Waals surface area contributed by atoms with Gasteiger partial charge in [-0.3, -0.25) is 14.2 Å². The van der Waals surface area contributed by atoms with Crippen molar-refractivity contribution >= 4 is 11.6 Å². The van der Waals surface area contributed by atoms with Gasteiger partial charge in [0.15, 0.2) is 17.2 Å². The van der Waals surface area contributed by atoms with Gasteiger partial charge < -0.3 is 14.8 Å². The average Bonchev–Trinajstić information content (AvgIpc) is 3.30. The summed E-state index contributed by atoms with van der Waals surface area (Å²) in [7, 11) is 1.27. The van der Waals surface area contributed by atoms with Crippen LogP contribution in [0.5, 0.6) is 11.5 Å². The predicted octanol–water partition coefficient (Wildman–Crippen LogP) is 3.73. The van der Waals surface area contributed by atoms with Crippen LogP contribution in [0.25, 0.3) is 0 Å². The minimum absolute atomic E-state index is 0.215. The third-order valence-electron chi connectivity index (χ3n) is 4.25. The zero-order valence-electron chi connectivity index (χ0n) is 17.2. The number of alkyl halides is 3. The summed E-state index contributed by atoms with van der Waals surface area (Å²) < 4.78 is 52.0. The van der Waals surface area contributed by atoms with Crippen LogP contribution in [-0.4, -0.2) is 38.7 Å². The number of nitrogens with one attached hydrogen (secondary N) is 1. The van der Waals surface area contributed by atoms with Crippen LogP contribution in [-0.2, 0) is 19.8 Å². The minimum Gasteiger partial charge on any atom is -0.490 e. The maximum Gasteiger partial charge on any atom is 0.435 e. The number of carbonyl (C=O) groups excluding carboxylic acids is 1. The molecule has 0 aliphatic rings. The molecule has 0 radical (unpaired) electrons. The summed E-state index contributed by atoms with van der Waals surface area (Å²) in [6.07, 6.45) is -1.63. The van der Waals surface area contributed by atoms with Crippen molar-refractivity contribution in [2.24, 2.45) is 7.05 Å². The highest BCUT2D eigenvalue weighted by atomic mass is 19.4. The molecule has 1 amide bonds. The van der Waals surface area contributed by atoms with Gasteiger partial charge in [-0.25, -0.2) is 0 Å². The Bertz CT molecular complexity index is 1060. The predicted molar refractivity (Wildman–Crippen MR) is 106 cm³/mol. The van der Waals surface area contributed by atoms with E-state index < -0.39 is 17.8 Å². The molecular weight excluding hydrogens is 415 g/mol. The van der Waals surface area contributed by atoms with Gasteiger partial charge in [0.1, 0.15) is 5.69 Å². The first-order chi connectivity index (χ1) is 14.7. The number of hydrogen-bond acceptors (Lipinski definition) is 5. The molecule has 0 saturated carbocycles. The van der Waals surface area contributed by atoms with Crippen molar-refractivity contribution in [3.05, 3.63) is 53.6 Å². The molecule has 0 spiro atoms. The second-order valence-corrected chi connectivity index (χ2v) is 6.56. The lowest BCUT2D eigenvalue weighted by atomic mass is 10.2. The summed E-state index contributed by atoms with van der Waals surface area (Å²) in [6, 6.07) is 6.25. The molecule has 31 heavy (non-hydrogen) atoms. The van der Waals surface area contributed by atoms with Crippen molar-refractivity contribution in [1.29, 1.82) is 0 Å². The van der Waals surface area contributed by atoms with Crippen molar-refractivity contribution in [3.63, 3.8) is 0 Å². The minimum atomic E-state index is -4.63. The van der Waals surface area contributed by atoms with E-state index in [2.05, 4.69) is 15.5 Å². The van der Waals surface area contributed by atoms with E-state index in [-0.39, 0.29) is 5.69 Å². The standard InChI is InChI=1S/C20H22F3N5O3/c1-4-30-16-7-6-13(8-17(16)31-5-2)11-28-12-14(10-24-28)25-19(29)15-9-18(20(21,22)23)26-27(15)3/h6-10,12H,4-5,11H2,1-3H3,(H,25,29). The Morgan fingerprint density at radius 1 is 1.13 bits per heavy atom. The highest BCUT2D eigenvalue weighted by Gasteiger charge is 2.35. The molecule has 3 aromatic rings. The molecule has 0 unspecified atom stereocenters. The lowest BCUT2D eigenvalue weighted by Gasteiger charge is -2.12. The smallest absolute Gasteiger partial charge is 0.435 e. The summed E-state index contributed by atoms with van der Waals surface area (Å²) >= 11 is 0. The van der Waals surface area contributed by atoms with Gasteiger partial charge in [-0.15, -0.1) is 0 Å². The van der Waals surface area contributed by atoms with E-state index in [1.807, 2.05) is 32.0 Å². The van der Waals surface area contributed by atoms with Gasteiger partial charge in [0, 0.05) is 19.3 Å². The Balaban J connectivity index is 1.70. The molecule has 0 aliphatic carbocycles. The Morgan fingerprint density at radius 2 is 1.84 bits per heavy atom. The number of aromatic nitrogens is 4. The molecule has 166 valence electrons. The van der Waals surface area contributed by atoms with Gasteiger partial charge in [0.25, 0.3) is 5.91 Å². The average molecular weight is 437 g/mol. The number of nitrogens with zero attached hydrogens (tertiary/aromatic N) is 4. The van der Waals surface area contributed by atoms with E-state index in [1.165, 1.54) is 13.2 Å². The molecule has 3 rings (SSSR count). The topological polar surface area (TPSA) is 83.2 Å². The van der Waals surface area contributed by atoms with Crippen molar-refractivity contribution < 1.29 is 27.4 Å². The van der Waals surface area contributed by atoms with Gasteiger partial charge in [0.2, 0.25) is 0 Å². The summed E-state index contributed by atoms with van der Waals surface area (Å²) in [6.45, 7) is 5.17. The lowest BCUT2D eigenvalue weighted by Crippen LogP contribution is -2.15. The van der Waals surface area contributed by atoms with Crippen LogP contribution in [0.1, 0.15) is 35.6 Å². The van der Waals surface area contributed by atoms with Crippen LogP contribution in [0.4, 0.5) is 18.9 Å². The van der Waals surface area contributed by atoms with E-state index >= 15 is 0 Å². The fourth-order valence-electron chi connectivity index (χ4n) is 2.91. The molecule has 0 fully saturated rings. The first kappa shape index (κ1) is 22.2. The number of halogens is 3. The third-order valence-corrected chi connectivity index (χ3v) is 4.25. The van der Waals surface area contributed by atoms with Gasteiger partial charge in [-0.1, -0.05) is 6.07 Å². The van der Waals surface area contributed by atoms with Gasteiger partial charge in [0.05, 0.1) is 31.6 Å². The summed E-state index contributed by atoms with van der Waals surface area (Å²) in [4.78, 5) is 12.4. The highest BCUT2D eigenvalue weighted by molar-refractivity contribution is 6.03. The Hall–Kier alpha value is -3.50. The van der Waals surface area contributed by atoms with Crippen molar-refractivity contribution in [1.82, 2.24) is 19.6 Å². The first-order valence-corrected chi connectivity index (χ1v) is 9.54. The number of amides is 1. The quantitative estimate of drug-likeness (QED) is 0.581. The van der Waals surface area contributed by atoms with E-state index in [9.17, 15) is 18.0 Å². The molecular formula is C20H22F3N5O3. The Labute approximate surface area is 176 Å². The molecule has 1 N–H and O–H groups in total. The number of benzene rings is 1. The number of aryl methyl sites for hydroxylation is 1. The summed E-state index contributed by atoms with van der Waals surface area (Å²) in [5, 5.41) is 10.1. The second kappa shape index (κ2) is 9.11. The van der Waals surface area contributed by atoms with E-state index in [4.69, 9.17) is 9.47 Å². The zero-order chi connectivity index (χ0) is 22.6. The van der Waals surface area contributed by atoms with E-state index in [0.29, 0.717) is 43.0 Å². The Kier molecular flexibility index (Phi) is 6.52. The molecule has 2 heterocycles. The van der Waals surface area contributed by atoms with Crippen molar-refractivity contribution in [2.75, 3.05) is 18.5 Å². The largest absolute Gasteiger partial charge is 0.490 e. The maximum atomic E-state index is 12.8. The third kappa shape index (κ3) is 5.36. The van der Waals surface area contributed by atoms with Crippen molar-refractivity contribution in [2.45, 2.75) is 26.6 Å². The van der Waals surface area contributed by atoms with Crippen molar-refractivity contribution in [3.8, 4) is 11.5 Å². The number of ether oxygens (including phenoxy) is 2. The first-order valence-electron chi connectivity index (χ1n) is 9.54. The second-order valence-electron chi connectivity index (χ2n) is 6.56. The summed E-state index contributed by atoms with van der Waals surface area (Å²) in [5.74, 6) is 0.555. The zero-order valence-corrected chi connectivity index (χ0v) is 17.2. The Morgan fingerprint density at radius 3 is 2.48 bits per heavy atom. The number of rotatable bonds is 8. The SMILES string of the molecule is CCOc1ccc(Cn2cc(NC(=O)c3cc(C(F)(F)F)nn3C)cn2)cc1OCC. The number of hydrogen-bond donors (Lipinski definition) is 1. The molecule has 0 atom stereocenters. The van der Waals surface area contributed by atoms with Gasteiger partial charge >= 0.3 is 6.18 Å². The molecule has 0 bridgehead atoms. The fraction of sp³-hybridized carbons (Fsp3) is 0.350. The fourth-order valence-corrected chi connectivity index (χ4v) is 2.91. The molecule has 11 heteroatoms. The molecule has 8 nitrogen and oxygen atoms in total. The maximum absolute atomic E-state index is 12.8. The van der Waals surface area contributed by atoms with Gasteiger partial charge in [-0.05, 0) is 31.5 Å². The van der Waals surface area contributed by atoms with Crippen LogP contribution < -0.4 is 14.8 Å². The molecule has 1 aromatic carbocycles. The van der Waals surface area contributed by atoms with Crippen LogP contribution in [0.2, 0.25) is 0 Å². The van der Waals surface area contributed by atoms with Crippen LogP contribution in [0.3, 0.4) is 0 Å².